The second kappa shape index (κ2) is 7.24. The Hall–Kier alpha value is -2.40. The number of thiophene rings is 1. The molecule has 0 fully saturated rings. The maximum atomic E-state index is 11.9. The lowest BCUT2D eigenvalue weighted by Crippen LogP contribution is -2.27. The number of carbonyl (C=O) groups is 1. The van der Waals surface area contributed by atoms with E-state index < -0.39 is 0 Å². The van der Waals surface area contributed by atoms with E-state index in [4.69, 9.17) is 4.42 Å². The molecule has 23 heavy (non-hydrogen) atoms. The number of amides is 1. The Morgan fingerprint density at radius 1 is 1.22 bits per heavy atom. The Balaban J connectivity index is 1.54. The summed E-state index contributed by atoms with van der Waals surface area (Å²) in [6.07, 6.45) is 1.10. The van der Waals surface area contributed by atoms with Gasteiger partial charge in [0.1, 0.15) is 5.76 Å². The Bertz CT molecular complexity index is 764. The highest BCUT2D eigenvalue weighted by atomic mass is 32.1. The van der Waals surface area contributed by atoms with Gasteiger partial charge < -0.3 is 9.73 Å². The van der Waals surface area contributed by atoms with Gasteiger partial charge in [0.2, 0.25) is 11.8 Å². The highest BCUT2D eigenvalue weighted by Gasteiger charge is 2.11. The van der Waals surface area contributed by atoms with Gasteiger partial charge in [-0.25, -0.2) is 4.98 Å². The molecule has 0 saturated heterocycles. The van der Waals surface area contributed by atoms with Gasteiger partial charge in [0.15, 0.2) is 0 Å². The summed E-state index contributed by atoms with van der Waals surface area (Å²) in [6, 6.07) is 13.7. The van der Waals surface area contributed by atoms with Gasteiger partial charge >= 0.3 is 0 Å². The quantitative estimate of drug-likeness (QED) is 0.753. The van der Waals surface area contributed by atoms with Crippen LogP contribution in [0.3, 0.4) is 0 Å². The third-order valence-corrected chi connectivity index (χ3v) is 4.39. The van der Waals surface area contributed by atoms with Crippen LogP contribution in [0.5, 0.6) is 0 Å². The monoisotopic (exact) mass is 326 g/mol. The molecule has 2 heterocycles. The van der Waals surface area contributed by atoms with Gasteiger partial charge in [-0.1, -0.05) is 24.3 Å². The van der Waals surface area contributed by atoms with Crippen LogP contribution in [0.2, 0.25) is 0 Å². The fraction of sp³-hybridized carbons (Fsp3) is 0.222. The van der Waals surface area contributed by atoms with Crippen LogP contribution in [-0.2, 0) is 17.6 Å². The number of nitrogens with zero attached hydrogens (tertiary/aromatic N) is 1. The van der Waals surface area contributed by atoms with Gasteiger partial charge in [-0.15, -0.1) is 11.3 Å². The molecule has 0 unspecified atom stereocenters. The molecule has 1 aromatic carbocycles. The molecule has 0 radical (unpaired) electrons. The van der Waals surface area contributed by atoms with E-state index in [9.17, 15) is 4.79 Å². The summed E-state index contributed by atoms with van der Waals surface area (Å²) in [6.45, 7) is 2.47. The van der Waals surface area contributed by atoms with Crippen LogP contribution in [0.1, 0.15) is 16.3 Å². The minimum absolute atomic E-state index is 0.0388. The van der Waals surface area contributed by atoms with Gasteiger partial charge in [0.05, 0.1) is 12.1 Å². The fourth-order valence-electron chi connectivity index (χ4n) is 2.32. The third kappa shape index (κ3) is 4.07. The lowest BCUT2D eigenvalue weighted by Gasteiger charge is -2.02. The average Bonchev–Trinajstić information content (AvgIpc) is 3.18. The zero-order valence-corrected chi connectivity index (χ0v) is 13.7. The van der Waals surface area contributed by atoms with Crippen LogP contribution in [0.25, 0.3) is 11.5 Å². The molecule has 0 aliphatic carbocycles. The number of nitrogens with one attached hydrogen (secondary N) is 1. The first kappa shape index (κ1) is 15.5. The van der Waals surface area contributed by atoms with E-state index >= 15 is 0 Å². The summed E-state index contributed by atoms with van der Waals surface area (Å²) in [7, 11) is 0. The zero-order valence-electron chi connectivity index (χ0n) is 12.9. The number of hydrogen-bond donors (Lipinski definition) is 1. The second-order valence-corrected chi connectivity index (χ2v) is 6.28. The number of benzene rings is 1. The number of aryl methyl sites for hydroxylation is 1. The molecular formula is C18H18N2O2S. The molecule has 5 heteroatoms. The van der Waals surface area contributed by atoms with Crippen LogP contribution in [0.15, 0.2) is 52.3 Å². The summed E-state index contributed by atoms with van der Waals surface area (Å²) in [4.78, 5) is 17.5. The zero-order chi connectivity index (χ0) is 16.1. The van der Waals surface area contributed by atoms with Crippen molar-refractivity contribution < 1.29 is 9.21 Å². The number of oxazole rings is 1. The number of rotatable bonds is 6. The van der Waals surface area contributed by atoms with Crippen molar-refractivity contribution in [2.24, 2.45) is 0 Å². The summed E-state index contributed by atoms with van der Waals surface area (Å²) < 4.78 is 5.72. The van der Waals surface area contributed by atoms with Crippen molar-refractivity contribution in [1.82, 2.24) is 10.3 Å². The molecule has 3 rings (SSSR count). The lowest BCUT2D eigenvalue weighted by molar-refractivity contribution is -0.120. The van der Waals surface area contributed by atoms with E-state index in [0.29, 0.717) is 25.3 Å². The summed E-state index contributed by atoms with van der Waals surface area (Å²) in [5.41, 5.74) is 1.85. The van der Waals surface area contributed by atoms with Gasteiger partial charge in [0, 0.05) is 23.4 Å². The van der Waals surface area contributed by atoms with Crippen molar-refractivity contribution in [3.8, 4) is 11.5 Å². The largest absolute Gasteiger partial charge is 0.441 e. The molecule has 0 aliphatic rings. The molecule has 0 saturated carbocycles. The van der Waals surface area contributed by atoms with Crippen molar-refractivity contribution in [1.29, 1.82) is 0 Å². The van der Waals surface area contributed by atoms with Crippen LogP contribution < -0.4 is 5.32 Å². The first-order valence-electron chi connectivity index (χ1n) is 7.53. The van der Waals surface area contributed by atoms with Crippen molar-refractivity contribution in [3.63, 3.8) is 0 Å². The van der Waals surface area contributed by atoms with Crippen molar-refractivity contribution >= 4 is 17.2 Å². The van der Waals surface area contributed by atoms with Gasteiger partial charge in [-0.05, 0) is 30.5 Å². The van der Waals surface area contributed by atoms with Crippen molar-refractivity contribution in [3.05, 3.63) is 64.2 Å². The van der Waals surface area contributed by atoms with E-state index in [1.54, 1.807) is 11.3 Å². The number of carbonyl (C=O) groups excluding carboxylic acids is 1. The molecule has 0 atom stereocenters. The van der Waals surface area contributed by atoms with Gasteiger partial charge in [-0.2, -0.15) is 0 Å². The predicted octanol–water partition coefficient (Wildman–Crippen LogP) is 3.61. The predicted molar refractivity (Wildman–Crippen MR) is 91.4 cm³/mol. The van der Waals surface area contributed by atoms with Crippen LogP contribution in [0, 0.1) is 6.92 Å². The van der Waals surface area contributed by atoms with Crippen LogP contribution in [0.4, 0.5) is 0 Å². The number of hydrogen-bond acceptors (Lipinski definition) is 4. The van der Waals surface area contributed by atoms with E-state index in [1.165, 1.54) is 0 Å². The van der Waals surface area contributed by atoms with Crippen LogP contribution in [-0.4, -0.2) is 17.4 Å². The van der Waals surface area contributed by atoms with E-state index in [1.807, 2.05) is 54.8 Å². The highest BCUT2D eigenvalue weighted by molar-refractivity contribution is 7.10. The summed E-state index contributed by atoms with van der Waals surface area (Å²) in [5, 5.41) is 4.91. The highest BCUT2D eigenvalue weighted by Crippen LogP contribution is 2.21. The minimum Gasteiger partial charge on any atom is -0.441 e. The van der Waals surface area contributed by atoms with E-state index in [0.717, 1.165) is 21.9 Å². The maximum Gasteiger partial charge on any atom is 0.226 e. The fourth-order valence-corrected chi connectivity index (χ4v) is 3.02. The Labute approximate surface area is 139 Å². The molecule has 1 amide bonds. The standard InChI is InChI=1S/C18H18N2O2S/c1-13-16(20-18(22-13)14-6-3-2-4-7-14)9-10-19-17(21)12-15-8-5-11-23-15/h2-8,11H,9-10,12H2,1H3,(H,19,21). The molecule has 118 valence electrons. The molecule has 1 N–H and O–H groups in total. The van der Waals surface area contributed by atoms with Crippen molar-refractivity contribution in [2.75, 3.05) is 6.54 Å². The molecule has 0 spiro atoms. The molecule has 0 bridgehead atoms. The Kier molecular flexibility index (Phi) is 4.88. The smallest absolute Gasteiger partial charge is 0.226 e. The molecule has 3 aromatic rings. The average molecular weight is 326 g/mol. The van der Waals surface area contributed by atoms with Gasteiger partial charge in [-0.3, -0.25) is 4.79 Å². The maximum absolute atomic E-state index is 11.9. The van der Waals surface area contributed by atoms with E-state index in [-0.39, 0.29) is 5.91 Å². The Morgan fingerprint density at radius 3 is 2.78 bits per heavy atom. The summed E-state index contributed by atoms with van der Waals surface area (Å²) in [5.74, 6) is 1.47. The topological polar surface area (TPSA) is 55.1 Å². The summed E-state index contributed by atoms with van der Waals surface area (Å²) >= 11 is 1.60. The third-order valence-electron chi connectivity index (χ3n) is 3.51. The van der Waals surface area contributed by atoms with Crippen LogP contribution >= 0.6 is 11.3 Å². The van der Waals surface area contributed by atoms with Crippen molar-refractivity contribution in [2.45, 2.75) is 19.8 Å². The van der Waals surface area contributed by atoms with E-state index in [2.05, 4.69) is 10.3 Å². The molecule has 4 nitrogen and oxygen atoms in total. The molecular weight excluding hydrogens is 308 g/mol. The molecule has 2 aromatic heterocycles. The molecule has 0 aliphatic heterocycles. The van der Waals surface area contributed by atoms with Gasteiger partial charge in [0.25, 0.3) is 0 Å². The second-order valence-electron chi connectivity index (χ2n) is 5.24. The number of aromatic nitrogens is 1. The SMILES string of the molecule is Cc1oc(-c2ccccc2)nc1CCNC(=O)Cc1cccs1. The minimum atomic E-state index is 0.0388. The lowest BCUT2D eigenvalue weighted by atomic mass is 10.2. The first-order chi connectivity index (χ1) is 11.2. The Morgan fingerprint density at radius 2 is 2.04 bits per heavy atom. The normalized spacial score (nSPS) is 10.7. The first-order valence-corrected chi connectivity index (χ1v) is 8.41.